The molecule has 1 aromatic rings. The van der Waals surface area contributed by atoms with Crippen LogP contribution in [0.5, 0.6) is 0 Å². The quantitative estimate of drug-likeness (QED) is 0.358. The average molecular weight is 311 g/mol. The minimum absolute atomic E-state index is 0.137. The molecule has 1 fully saturated rings. The van der Waals surface area contributed by atoms with E-state index in [1.54, 1.807) is 0 Å². The summed E-state index contributed by atoms with van der Waals surface area (Å²) in [5.74, 6) is -1.24. The SMILES string of the molecule is O=[N+]([O-])c1cc(/N=C(\Cl)C(F)(F)F)c(C2CC2)cc1F. The Bertz CT molecular complexity index is 597. The van der Waals surface area contributed by atoms with Gasteiger partial charge in [0.1, 0.15) is 0 Å². The number of hydrogen-bond donors (Lipinski definition) is 0. The maximum Gasteiger partial charge on any atom is 0.444 e. The fourth-order valence-electron chi connectivity index (χ4n) is 1.69. The molecule has 108 valence electrons. The van der Waals surface area contributed by atoms with Crippen LogP contribution in [0.1, 0.15) is 24.3 Å². The van der Waals surface area contributed by atoms with E-state index in [0.717, 1.165) is 6.07 Å². The van der Waals surface area contributed by atoms with Crippen molar-refractivity contribution in [3.63, 3.8) is 0 Å². The first-order chi connectivity index (χ1) is 9.20. The van der Waals surface area contributed by atoms with Gasteiger partial charge in [0.25, 0.3) is 0 Å². The number of halogens is 5. The molecule has 0 saturated heterocycles. The van der Waals surface area contributed by atoms with Crippen molar-refractivity contribution in [3.8, 4) is 0 Å². The maximum atomic E-state index is 13.5. The van der Waals surface area contributed by atoms with Gasteiger partial charge in [0, 0.05) is 6.07 Å². The van der Waals surface area contributed by atoms with E-state index in [4.69, 9.17) is 11.6 Å². The van der Waals surface area contributed by atoms with Crippen molar-refractivity contribution in [2.45, 2.75) is 24.9 Å². The van der Waals surface area contributed by atoms with Gasteiger partial charge >= 0.3 is 11.9 Å². The number of nitrogens with zero attached hydrogens (tertiary/aromatic N) is 2. The van der Waals surface area contributed by atoms with E-state index in [0.29, 0.717) is 18.9 Å². The van der Waals surface area contributed by atoms with Crippen LogP contribution in [0.2, 0.25) is 0 Å². The topological polar surface area (TPSA) is 55.5 Å². The lowest BCUT2D eigenvalue weighted by atomic mass is 10.1. The molecular formula is C11H7ClF4N2O2. The number of rotatable bonds is 3. The Morgan fingerprint density at radius 1 is 1.40 bits per heavy atom. The largest absolute Gasteiger partial charge is 0.444 e. The predicted molar refractivity (Wildman–Crippen MR) is 64.0 cm³/mol. The molecule has 9 heteroatoms. The second-order valence-electron chi connectivity index (χ2n) is 4.29. The molecular weight excluding hydrogens is 304 g/mol. The Balaban J connectivity index is 2.55. The Hall–Kier alpha value is -1.70. The standard InChI is InChI=1S/C11H7ClF4N2O2/c12-10(11(14,15)16)17-8-4-9(18(19)20)7(13)3-6(8)5-1-2-5/h3-5H,1-2H2/b17-10-. The van der Waals surface area contributed by atoms with Crippen LogP contribution >= 0.6 is 11.6 Å². The van der Waals surface area contributed by atoms with Gasteiger partial charge in [-0.25, -0.2) is 4.99 Å². The lowest BCUT2D eigenvalue weighted by Crippen LogP contribution is -2.16. The molecule has 0 unspecified atom stereocenters. The molecule has 1 aromatic carbocycles. The monoisotopic (exact) mass is 310 g/mol. The van der Waals surface area contributed by atoms with Gasteiger partial charge in [-0.15, -0.1) is 0 Å². The third-order valence-electron chi connectivity index (χ3n) is 2.76. The van der Waals surface area contributed by atoms with E-state index in [2.05, 4.69) is 4.99 Å². The number of alkyl halides is 3. The molecule has 20 heavy (non-hydrogen) atoms. The summed E-state index contributed by atoms with van der Waals surface area (Å²) in [6.45, 7) is 0. The van der Waals surface area contributed by atoms with Crippen molar-refractivity contribution in [1.82, 2.24) is 0 Å². The molecule has 0 spiro atoms. The lowest BCUT2D eigenvalue weighted by molar-refractivity contribution is -0.387. The second kappa shape index (κ2) is 5.01. The zero-order valence-corrected chi connectivity index (χ0v) is 10.5. The van der Waals surface area contributed by atoms with Crippen LogP contribution in [0.3, 0.4) is 0 Å². The van der Waals surface area contributed by atoms with Gasteiger partial charge in [0.05, 0.1) is 10.6 Å². The lowest BCUT2D eigenvalue weighted by Gasteiger charge is -2.07. The van der Waals surface area contributed by atoms with Crippen LogP contribution in [0, 0.1) is 15.9 Å². The number of nitro benzene ring substituents is 1. The molecule has 4 nitrogen and oxygen atoms in total. The van der Waals surface area contributed by atoms with E-state index < -0.39 is 27.8 Å². The van der Waals surface area contributed by atoms with E-state index >= 15 is 0 Å². The summed E-state index contributed by atoms with van der Waals surface area (Å²) in [6.07, 6.45) is -3.52. The van der Waals surface area contributed by atoms with Crippen LogP contribution in [0.25, 0.3) is 0 Å². The van der Waals surface area contributed by atoms with Crippen molar-refractivity contribution >= 4 is 28.1 Å². The Kier molecular flexibility index (Phi) is 3.68. The van der Waals surface area contributed by atoms with Crippen LogP contribution in [-0.2, 0) is 0 Å². The molecule has 0 aromatic heterocycles. The van der Waals surface area contributed by atoms with Gasteiger partial charge in [0.2, 0.25) is 11.0 Å². The first kappa shape index (κ1) is 14.7. The minimum atomic E-state index is -4.86. The highest BCUT2D eigenvalue weighted by Crippen LogP contribution is 2.46. The van der Waals surface area contributed by atoms with Crippen LogP contribution in [0.4, 0.5) is 28.9 Å². The van der Waals surface area contributed by atoms with E-state index in [1.807, 2.05) is 0 Å². The summed E-state index contributed by atoms with van der Waals surface area (Å²) in [5, 5.41) is 8.96. The summed E-state index contributed by atoms with van der Waals surface area (Å²) < 4.78 is 50.5. The zero-order chi connectivity index (χ0) is 15.1. The van der Waals surface area contributed by atoms with Gasteiger partial charge < -0.3 is 0 Å². The number of aliphatic imine (C=N–C) groups is 1. The van der Waals surface area contributed by atoms with E-state index in [1.165, 1.54) is 0 Å². The summed E-state index contributed by atoms with van der Waals surface area (Å²) >= 11 is 5.02. The number of nitro groups is 1. The average Bonchev–Trinajstić information content (AvgIpc) is 3.13. The summed E-state index contributed by atoms with van der Waals surface area (Å²) in [4.78, 5) is 12.8. The van der Waals surface area contributed by atoms with Crippen molar-refractivity contribution in [1.29, 1.82) is 0 Å². The molecule has 2 rings (SSSR count). The fourth-order valence-corrected chi connectivity index (χ4v) is 1.78. The molecule has 0 atom stereocenters. The van der Waals surface area contributed by atoms with Gasteiger partial charge in [-0.1, -0.05) is 11.6 Å². The first-order valence-electron chi connectivity index (χ1n) is 5.49. The van der Waals surface area contributed by atoms with E-state index in [-0.39, 0.29) is 17.2 Å². The summed E-state index contributed by atoms with van der Waals surface area (Å²) in [6, 6.07) is 1.53. The van der Waals surface area contributed by atoms with Gasteiger partial charge in [-0.3, -0.25) is 10.1 Å². The van der Waals surface area contributed by atoms with Crippen molar-refractivity contribution in [2.75, 3.05) is 0 Å². The van der Waals surface area contributed by atoms with Crippen molar-refractivity contribution in [3.05, 3.63) is 33.6 Å². The Morgan fingerprint density at radius 2 is 2.00 bits per heavy atom. The van der Waals surface area contributed by atoms with Crippen LogP contribution in [-0.4, -0.2) is 16.3 Å². The summed E-state index contributed by atoms with van der Waals surface area (Å²) in [5.41, 5.74) is -1.04. The zero-order valence-electron chi connectivity index (χ0n) is 9.75. The number of benzene rings is 1. The Morgan fingerprint density at radius 3 is 2.45 bits per heavy atom. The third-order valence-corrected chi connectivity index (χ3v) is 3.06. The molecule has 0 radical (unpaired) electrons. The highest BCUT2D eigenvalue weighted by Gasteiger charge is 2.36. The van der Waals surface area contributed by atoms with Crippen molar-refractivity contribution < 1.29 is 22.5 Å². The maximum absolute atomic E-state index is 13.5. The van der Waals surface area contributed by atoms with Gasteiger partial charge in [-0.05, 0) is 30.4 Å². The Labute approximate surface area is 115 Å². The van der Waals surface area contributed by atoms with Gasteiger partial charge in [0.15, 0.2) is 0 Å². The van der Waals surface area contributed by atoms with Crippen LogP contribution in [0.15, 0.2) is 17.1 Å². The van der Waals surface area contributed by atoms with Crippen molar-refractivity contribution in [2.24, 2.45) is 4.99 Å². The van der Waals surface area contributed by atoms with Crippen LogP contribution < -0.4 is 0 Å². The molecule has 0 aliphatic heterocycles. The molecule has 0 heterocycles. The normalized spacial score (nSPS) is 16.4. The molecule has 1 aliphatic carbocycles. The second-order valence-corrected chi connectivity index (χ2v) is 4.65. The number of hydrogen-bond acceptors (Lipinski definition) is 3. The summed E-state index contributed by atoms with van der Waals surface area (Å²) in [7, 11) is 0. The smallest absolute Gasteiger partial charge is 0.258 e. The minimum Gasteiger partial charge on any atom is -0.258 e. The third kappa shape index (κ3) is 3.06. The molecule has 1 aliphatic rings. The van der Waals surface area contributed by atoms with Gasteiger partial charge in [-0.2, -0.15) is 17.6 Å². The molecule has 0 bridgehead atoms. The highest BCUT2D eigenvalue weighted by atomic mass is 35.5. The first-order valence-corrected chi connectivity index (χ1v) is 5.87. The van der Waals surface area contributed by atoms with E-state index in [9.17, 15) is 27.7 Å². The molecule has 0 N–H and O–H groups in total. The fraction of sp³-hybridized carbons (Fsp3) is 0.364. The predicted octanol–water partition coefficient (Wildman–Crippen LogP) is 4.44. The highest BCUT2D eigenvalue weighted by molar-refractivity contribution is 6.67. The molecule has 0 amide bonds. The molecule has 1 saturated carbocycles.